The molecule has 2 heterocycles. The first kappa shape index (κ1) is 16.4. The minimum Gasteiger partial charge on any atom is -0.337 e. The van der Waals surface area contributed by atoms with Crippen LogP contribution in [-0.4, -0.2) is 37.4 Å². The zero-order chi connectivity index (χ0) is 17.7. The Morgan fingerprint density at radius 1 is 1.15 bits per heavy atom. The summed E-state index contributed by atoms with van der Waals surface area (Å²) in [5.74, 6) is 1.96. The van der Waals surface area contributed by atoms with E-state index in [0.29, 0.717) is 12.0 Å². The molecule has 0 N–H and O–H groups in total. The van der Waals surface area contributed by atoms with Gasteiger partial charge in [0.2, 0.25) is 5.91 Å². The summed E-state index contributed by atoms with van der Waals surface area (Å²) in [7, 11) is 0. The summed E-state index contributed by atoms with van der Waals surface area (Å²) in [6.45, 7) is 3.54. The Bertz CT molecular complexity index is 840. The second-order valence-electron chi connectivity index (χ2n) is 7.75. The van der Waals surface area contributed by atoms with Gasteiger partial charge in [0, 0.05) is 25.0 Å². The number of hydrogen-bond donors (Lipinski definition) is 0. The lowest BCUT2D eigenvalue weighted by atomic mass is 10.00. The van der Waals surface area contributed by atoms with Gasteiger partial charge < -0.3 is 9.47 Å². The van der Waals surface area contributed by atoms with E-state index in [1.807, 2.05) is 11.8 Å². The normalized spacial score (nSPS) is 20.7. The van der Waals surface area contributed by atoms with Gasteiger partial charge in [-0.25, -0.2) is 0 Å². The highest BCUT2D eigenvalue weighted by Gasteiger charge is 2.37. The first-order valence-corrected chi connectivity index (χ1v) is 10.6. The summed E-state index contributed by atoms with van der Waals surface area (Å²) in [6.07, 6.45) is 5.85. The Hall–Kier alpha value is -1.82. The number of carbonyl (C=O) groups is 1. The molecule has 2 saturated carbocycles. The first-order chi connectivity index (χ1) is 12.7. The molecule has 1 amide bonds. The maximum Gasteiger partial charge on any atom is 0.236 e. The van der Waals surface area contributed by atoms with Gasteiger partial charge >= 0.3 is 0 Å². The molecule has 1 aromatic carbocycles. The number of carbonyl (C=O) groups excluding carboxylic acids is 1. The van der Waals surface area contributed by atoms with Gasteiger partial charge in [0.15, 0.2) is 5.16 Å². The summed E-state index contributed by atoms with van der Waals surface area (Å²) in [5, 5.41) is 9.72. The quantitative estimate of drug-likeness (QED) is 0.757. The maximum absolute atomic E-state index is 13.0. The lowest BCUT2D eigenvalue weighted by Crippen LogP contribution is -2.40. The fourth-order valence-electron chi connectivity index (χ4n) is 3.81. The van der Waals surface area contributed by atoms with E-state index < -0.39 is 0 Å². The molecule has 2 aliphatic carbocycles. The summed E-state index contributed by atoms with van der Waals surface area (Å²) >= 11 is 1.59. The molecule has 136 valence electrons. The fraction of sp³-hybridized carbons (Fsp3) is 0.550. The van der Waals surface area contributed by atoms with E-state index in [2.05, 4.69) is 39.0 Å². The molecule has 0 spiro atoms. The molecule has 5 nitrogen and oxygen atoms in total. The zero-order valence-electron chi connectivity index (χ0n) is 15.1. The van der Waals surface area contributed by atoms with E-state index in [9.17, 15) is 4.79 Å². The van der Waals surface area contributed by atoms with Gasteiger partial charge in [0.1, 0.15) is 5.82 Å². The highest BCUT2D eigenvalue weighted by atomic mass is 32.2. The highest BCUT2D eigenvalue weighted by Crippen LogP contribution is 2.46. The number of nitrogens with zero attached hydrogens (tertiary/aromatic N) is 4. The van der Waals surface area contributed by atoms with Crippen molar-refractivity contribution in [3.63, 3.8) is 0 Å². The van der Waals surface area contributed by atoms with Gasteiger partial charge in [-0.05, 0) is 50.2 Å². The van der Waals surface area contributed by atoms with Crippen LogP contribution in [0.2, 0.25) is 0 Å². The Balaban J connectivity index is 1.30. The van der Waals surface area contributed by atoms with Crippen molar-refractivity contribution in [2.45, 2.75) is 67.9 Å². The van der Waals surface area contributed by atoms with Gasteiger partial charge in [-0.15, -0.1) is 10.2 Å². The van der Waals surface area contributed by atoms with Crippen LogP contribution < -0.4 is 0 Å². The van der Waals surface area contributed by atoms with Crippen molar-refractivity contribution < 1.29 is 4.79 Å². The molecule has 0 unspecified atom stereocenters. The topological polar surface area (TPSA) is 51.0 Å². The van der Waals surface area contributed by atoms with Gasteiger partial charge in [0.05, 0.1) is 5.25 Å². The molecule has 0 radical (unpaired) electrons. The van der Waals surface area contributed by atoms with E-state index in [4.69, 9.17) is 0 Å². The van der Waals surface area contributed by atoms with E-state index in [1.54, 1.807) is 11.8 Å². The predicted octanol–water partition coefficient (Wildman–Crippen LogP) is 3.56. The van der Waals surface area contributed by atoms with Crippen molar-refractivity contribution in [3.8, 4) is 0 Å². The molecule has 26 heavy (non-hydrogen) atoms. The first-order valence-electron chi connectivity index (χ1n) is 9.67. The summed E-state index contributed by atoms with van der Waals surface area (Å²) in [4.78, 5) is 15.0. The van der Waals surface area contributed by atoms with E-state index in [0.717, 1.165) is 30.5 Å². The third kappa shape index (κ3) is 3.04. The second kappa shape index (κ2) is 6.41. The summed E-state index contributed by atoms with van der Waals surface area (Å²) in [6, 6.07) is 9.01. The van der Waals surface area contributed by atoms with E-state index in [-0.39, 0.29) is 11.2 Å². The Kier molecular flexibility index (Phi) is 4.03. The number of aromatic nitrogens is 3. The zero-order valence-corrected chi connectivity index (χ0v) is 15.9. The molecule has 1 atom stereocenters. The van der Waals surface area contributed by atoms with Crippen LogP contribution in [0.3, 0.4) is 0 Å². The number of benzene rings is 1. The van der Waals surface area contributed by atoms with Crippen LogP contribution in [0, 0.1) is 0 Å². The van der Waals surface area contributed by atoms with Crippen LogP contribution in [0.1, 0.15) is 61.5 Å². The van der Waals surface area contributed by atoms with Crippen molar-refractivity contribution in [1.29, 1.82) is 0 Å². The van der Waals surface area contributed by atoms with Gasteiger partial charge in [0.25, 0.3) is 0 Å². The molecule has 0 saturated heterocycles. The SMILES string of the molecule is C[C@H](Sc1nnc(C2CC2)n1C1CC1)C(=O)N1CCc2ccccc2C1. The van der Waals surface area contributed by atoms with Gasteiger partial charge in [-0.3, -0.25) is 4.79 Å². The summed E-state index contributed by atoms with van der Waals surface area (Å²) in [5.41, 5.74) is 2.65. The number of hydrogen-bond acceptors (Lipinski definition) is 4. The molecule has 0 bridgehead atoms. The molecule has 1 aliphatic heterocycles. The van der Waals surface area contributed by atoms with Crippen molar-refractivity contribution in [2.75, 3.05) is 6.54 Å². The smallest absolute Gasteiger partial charge is 0.236 e. The Labute approximate surface area is 158 Å². The predicted molar refractivity (Wildman–Crippen MR) is 101 cm³/mol. The Morgan fingerprint density at radius 2 is 1.92 bits per heavy atom. The van der Waals surface area contributed by atoms with Crippen molar-refractivity contribution in [3.05, 3.63) is 41.2 Å². The molecule has 2 aromatic rings. The maximum atomic E-state index is 13.0. The third-order valence-electron chi connectivity index (χ3n) is 5.62. The average Bonchev–Trinajstić information content (AvgIpc) is 3.59. The molecule has 3 aliphatic rings. The monoisotopic (exact) mass is 368 g/mol. The largest absolute Gasteiger partial charge is 0.337 e. The number of rotatable bonds is 5. The van der Waals surface area contributed by atoms with Crippen LogP contribution in [0.4, 0.5) is 0 Å². The standard InChI is InChI=1S/C20H24N4OS/c1-13(19(25)23-11-10-14-4-2-3-5-16(14)12-23)26-20-22-21-18(15-6-7-15)24(20)17-8-9-17/h2-5,13,15,17H,6-12H2,1H3/t13-/m0/s1. The molecule has 2 fully saturated rings. The van der Waals surface area contributed by atoms with Gasteiger partial charge in [-0.1, -0.05) is 36.0 Å². The summed E-state index contributed by atoms with van der Waals surface area (Å²) < 4.78 is 2.33. The van der Waals surface area contributed by atoms with Crippen LogP contribution in [0.15, 0.2) is 29.4 Å². The third-order valence-corrected chi connectivity index (χ3v) is 6.66. The highest BCUT2D eigenvalue weighted by molar-refractivity contribution is 8.00. The van der Waals surface area contributed by atoms with Crippen molar-refractivity contribution in [1.82, 2.24) is 19.7 Å². The van der Waals surface area contributed by atoms with Crippen molar-refractivity contribution >= 4 is 17.7 Å². The van der Waals surface area contributed by atoms with Crippen LogP contribution in [0.5, 0.6) is 0 Å². The second-order valence-corrected chi connectivity index (χ2v) is 9.06. The van der Waals surface area contributed by atoms with Crippen molar-refractivity contribution in [2.24, 2.45) is 0 Å². The van der Waals surface area contributed by atoms with E-state index >= 15 is 0 Å². The van der Waals surface area contributed by atoms with Gasteiger partial charge in [-0.2, -0.15) is 0 Å². The minimum atomic E-state index is -0.131. The number of fused-ring (bicyclic) bond motifs is 1. The molecular formula is C20H24N4OS. The van der Waals surface area contributed by atoms with Crippen LogP contribution in [-0.2, 0) is 17.8 Å². The number of thioether (sulfide) groups is 1. The molecule has 1 aromatic heterocycles. The Morgan fingerprint density at radius 3 is 2.65 bits per heavy atom. The average molecular weight is 369 g/mol. The lowest BCUT2D eigenvalue weighted by molar-refractivity contribution is -0.131. The molecule has 6 heteroatoms. The molecule has 5 rings (SSSR count). The fourth-order valence-corrected chi connectivity index (χ4v) is 4.82. The molecular weight excluding hydrogens is 344 g/mol. The minimum absolute atomic E-state index is 0.131. The lowest BCUT2D eigenvalue weighted by Gasteiger charge is -2.30. The van der Waals surface area contributed by atoms with Crippen LogP contribution >= 0.6 is 11.8 Å². The van der Waals surface area contributed by atoms with E-state index in [1.165, 1.54) is 36.8 Å². The number of amides is 1. The van der Waals surface area contributed by atoms with Crippen LogP contribution in [0.25, 0.3) is 0 Å².